The van der Waals surface area contributed by atoms with Crippen LogP contribution < -0.4 is 0 Å². The molecule has 0 radical (unpaired) electrons. The Morgan fingerprint density at radius 2 is 1.66 bits per heavy atom. The lowest BCUT2D eigenvalue weighted by Gasteiger charge is -2.36. The third kappa shape index (κ3) is 6.85. The van der Waals surface area contributed by atoms with E-state index in [4.69, 9.17) is 9.47 Å². The highest BCUT2D eigenvalue weighted by atomic mass is 16.6. The van der Waals surface area contributed by atoms with E-state index in [1.54, 1.807) is 0 Å². The minimum absolute atomic E-state index is 0.186. The summed E-state index contributed by atoms with van der Waals surface area (Å²) in [5, 5.41) is 0. The molecule has 2 atom stereocenters. The predicted octanol–water partition coefficient (Wildman–Crippen LogP) is 5.48. The molecule has 188 valence electrons. The Morgan fingerprint density at radius 3 is 2.26 bits per heavy atom. The van der Waals surface area contributed by atoms with Crippen molar-refractivity contribution in [3.05, 3.63) is 71.3 Å². The third-order valence-corrected chi connectivity index (χ3v) is 6.96. The average molecular weight is 479 g/mol. The molecule has 0 spiro atoms. The summed E-state index contributed by atoms with van der Waals surface area (Å²) < 4.78 is 10.6. The zero-order chi connectivity index (χ0) is 25.0. The molecule has 6 nitrogen and oxygen atoms in total. The first-order chi connectivity index (χ1) is 16.7. The highest BCUT2D eigenvalue weighted by molar-refractivity contribution is 5.89. The second kappa shape index (κ2) is 10.8. The molecule has 2 aliphatic rings. The number of carbonyl (C=O) groups is 2. The van der Waals surface area contributed by atoms with Crippen LogP contribution in [0.2, 0.25) is 0 Å². The van der Waals surface area contributed by atoms with Crippen molar-refractivity contribution in [1.82, 2.24) is 9.80 Å². The summed E-state index contributed by atoms with van der Waals surface area (Å²) in [5.41, 5.74) is 2.57. The monoisotopic (exact) mass is 478 g/mol. The fourth-order valence-corrected chi connectivity index (χ4v) is 4.98. The maximum Gasteiger partial charge on any atom is 0.410 e. The van der Waals surface area contributed by atoms with Gasteiger partial charge in [-0.25, -0.2) is 9.59 Å². The number of ether oxygens (including phenoxy) is 2. The zero-order valence-corrected chi connectivity index (χ0v) is 21.4. The fraction of sp³-hybridized carbons (Fsp3) is 0.517. The summed E-state index contributed by atoms with van der Waals surface area (Å²) in [6, 6.07) is 18.4. The van der Waals surface area contributed by atoms with Gasteiger partial charge in [0.25, 0.3) is 0 Å². The molecule has 1 saturated heterocycles. The van der Waals surface area contributed by atoms with E-state index in [9.17, 15) is 9.59 Å². The summed E-state index contributed by atoms with van der Waals surface area (Å²) in [7, 11) is 1.40. The maximum absolute atomic E-state index is 13.2. The quantitative estimate of drug-likeness (QED) is 0.493. The second-order valence-corrected chi connectivity index (χ2v) is 10.9. The molecule has 6 heteroatoms. The van der Waals surface area contributed by atoms with Crippen LogP contribution >= 0.6 is 0 Å². The molecule has 2 unspecified atom stereocenters. The van der Waals surface area contributed by atoms with Gasteiger partial charge in [-0.05, 0) is 82.3 Å². The predicted molar refractivity (Wildman–Crippen MR) is 136 cm³/mol. The largest absolute Gasteiger partial charge is 0.465 e. The van der Waals surface area contributed by atoms with Crippen LogP contribution in [0.25, 0.3) is 0 Å². The molecular weight excluding hydrogens is 440 g/mol. The SMILES string of the molecule is COC(=O)c1ccc(CN2CCC(CN(C(=O)OC(C)(C)C)C3CC3c3ccccc3)CC2)cc1. The smallest absolute Gasteiger partial charge is 0.410 e. The van der Waals surface area contributed by atoms with Gasteiger partial charge in [0, 0.05) is 25.0 Å². The van der Waals surface area contributed by atoms with E-state index in [1.165, 1.54) is 18.2 Å². The zero-order valence-electron chi connectivity index (χ0n) is 21.4. The van der Waals surface area contributed by atoms with Crippen molar-refractivity contribution in [3.8, 4) is 0 Å². The van der Waals surface area contributed by atoms with Crippen LogP contribution in [0.1, 0.15) is 67.4 Å². The number of amides is 1. The summed E-state index contributed by atoms with van der Waals surface area (Å²) in [6.07, 6.45) is 2.93. The van der Waals surface area contributed by atoms with Gasteiger partial charge in [0.2, 0.25) is 0 Å². The summed E-state index contributed by atoms with van der Waals surface area (Å²) >= 11 is 0. The van der Waals surface area contributed by atoms with E-state index >= 15 is 0 Å². The Kier molecular flexibility index (Phi) is 7.80. The lowest BCUT2D eigenvalue weighted by molar-refractivity contribution is 0.0170. The topological polar surface area (TPSA) is 59.1 Å². The highest BCUT2D eigenvalue weighted by Gasteiger charge is 2.46. The Morgan fingerprint density at radius 1 is 1.00 bits per heavy atom. The van der Waals surface area contributed by atoms with Gasteiger partial charge < -0.3 is 14.4 Å². The number of nitrogens with zero attached hydrogens (tertiary/aromatic N) is 2. The lowest BCUT2D eigenvalue weighted by Crippen LogP contribution is -2.44. The number of benzene rings is 2. The van der Waals surface area contributed by atoms with Crippen molar-refractivity contribution in [2.45, 2.75) is 64.1 Å². The Balaban J connectivity index is 1.33. The molecule has 0 N–H and O–H groups in total. The number of hydrogen-bond donors (Lipinski definition) is 0. The van der Waals surface area contributed by atoms with Crippen molar-refractivity contribution < 1.29 is 19.1 Å². The Hall–Kier alpha value is -2.86. The number of rotatable bonds is 7. The standard InChI is InChI=1S/C29H38N2O4/c1-29(2,3)35-28(33)31(26-18-25(26)23-8-6-5-7-9-23)20-22-14-16-30(17-15-22)19-21-10-12-24(13-11-21)27(32)34-4/h5-13,22,25-26H,14-20H2,1-4H3. The molecule has 2 aromatic carbocycles. The number of esters is 1. The van der Waals surface area contributed by atoms with Crippen LogP contribution in [0, 0.1) is 5.92 Å². The molecule has 1 heterocycles. The molecule has 2 fully saturated rings. The number of piperidine rings is 1. The van der Waals surface area contributed by atoms with E-state index < -0.39 is 5.60 Å². The molecule has 35 heavy (non-hydrogen) atoms. The molecule has 2 aromatic rings. The van der Waals surface area contributed by atoms with Crippen LogP contribution in [0.3, 0.4) is 0 Å². The molecule has 1 aliphatic heterocycles. The first kappa shape index (κ1) is 25.2. The van der Waals surface area contributed by atoms with Gasteiger partial charge in [0.05, 0.1) is 12.7 Å². The average Bonchev–Trinajstić information content (AvgIpc) is 3.63. The van der Waals surface area contributed by atoms with Crippen LogP contribution in [0.15, 0.2) is 54.6 Å². The molecule has 1 aliphatic carbocycles. The summed E-state index contributed by atoms with van der Waals surface area (Å²) in [6.45, 7) is 9.41. The lowest BCUT2D eigenvalue weighted by atomic mass is 9.95. The maximum atomic E-state index is 13.2. The van der Waals surface area contributed by atoms with Gasteiger partial charge in [0.15, 0.2) is 0 Å². The minimum atomic E-state index is -0.501. The number of hydrogen-bond acceptors (Lipinski definition) is 5. The van der Waals surface area contributed by atoms with Gasteiger partial charge in [-0.15, -0.1) is 0 Å². The van der Waals surface area contributed by atoms with Crippen LogP contribution in [0.4, 0.5) is 4.79 Å². The number of likely N-dealkylation sites (tertiary alicyclic amines) is 1. The number of methoxy groups -OCH3 is 1. The molecule has 0 aromatic heterocycles. The van der Waals surface area contributed by atoms with Crippen LogP contribution in [-0.2, 0) is 16.0 Å². The van der Waals surface area contributed by atoms with E-state index in [0.717, 1.165) is 45.4 Å². The minimum Gasteiger partial charge on any atom is -0.465 e. The first-order valence-corrected chi connectivity index (χ1v) is 12.7. The van der Waals surface area contributed by atoms with E-state index in [1.807, 2.05) is 56.0 Å². The van der Waals surface area contributed by atoms with Crippen molar-refractivity contribution in [1.29, 1.82) is 0 Å². The highest BCUT2D eigenvalue weighted by Crippen LogP contribution is 2.45. The van der Waals surface area contributed by atoms with Gasteiger partial charge in [-0.2, -0.15) is 0 Å². The molecule has 0 bridgehead atoms. The molecular formula is C29H38N2O4. The van der Waals surface area contributed by atoms with Crippen molar-refractivity contribution >= 4 is 12.1 Å². The van der Waals surface area contributed by atoms with Crippen LogP contribution in [0.5, 0.6) is 0 Å². The molecule has 4 rings (SSSR count). The molecule has 1 amide bonds. The van der Waals surface area contributed by atoms with Gasteiger partial charge in [-0.3, -0.25) is 4.90 Å². The van der Waals surface area contributed by atoms with E-state index in [2.05, 4.69) is 29.2 Å². The van der Waals surface area contributed by atoms with E-state index in [-0.39, 0.29) is 18.1 Å². The van der Waals surface area contributed by atoms with Gasteiger partial charge >= 0.3 is 12.1 Å². The van der Waals surface area contributed by atoms with E-state index in [0.29, 0.717) is 17.4 Å². The normalized spacial score (nSPS) is 20.8. The van der Waals surface area contributed by atoms with Crippen molar-refractivity contribution in [3.63, 3.8) is 0 Å². The summed E-state index contributed by atoms with van der Waals surface area (Å²) in [4.78, 5) is 29.3. The summed E-state index contributed by atoms with van der Waals surface area (Å²) in [5.74, 6) is 0.561. The van der Waals surface area contributed by atoms with Crippen LogP contribution in [-0.4, -0.2) is 60.2 Å². The fourth-order valence-electron chi connectivity index (χ4n) is 4.98. The van der Waals surface area contributed by atoms with Crippen molar-refractivity contribution in [2.75, 3.05) is 26.7 Å². The van der Waals surface area contributed by atoms with Crippen molar-refractivity contribution in [2.24, 2.45) is 5.92 Å². The third-order valence-electron chi connectivity index (χ3n) is 6.96. The Labute approximate surface area is 209 Å². The first-order valence-electron chi connectivity index (χ1n) is 12.7. The Bertz CT molecular complexity index is 992. The second-order valence-electron chi connectivity index (χ2n) is 10.9. The molecule has 1 saturated carbocycles. The number of carbonyl (C=O) groups excluding carboxylic acids is 2. The van der Waals surface area contributed by atoms with Gasteiger partial charge in [-0.1, -0.05) is 42.5 Å². The van der Waals surface area contributed by atoms with Gasteiger partial charge in [0.1, 0.15) is 5.60 Å².